The second-order valence-electron chi connectivity index (χ2n) is 7.31. The van der Waals surface area contributed by atoms with Gasteiger partial charge in [-0.3, -0.25) is 10.2 Å². The third-order valence-electron chi connectivity index (χ3n) is 5.33. The van der Waals surface area contributed by atoms with E-state index in [1.807, 2.05) is 18.2 Å². The Balaban J connectivity index is 0.00000385. The minimum absolute atomic E-state index is 0. The molecular weight excluding hydrogens is 469 g/mol. The first-order valence-corrected chi connectivity index (χ1v) is 10.9. The summed E-state index contributed by atoms with van der Waals surface area (Å²) in [7, 11) is 4.57. The van der Waals surface area contributed by atoms with Crippen molar-refractivity contribution in [1.82, 2.24) is 4.90 Å². The van der Waals surface area contributed by atoms with Gasteiger partial charge < -0.3 is 23.8 Å². The average molecular weight is 500 g/mol. The van der Waals surface area contributed by atoms with Crippen LogP contribution in [0.1, 0.15) is 6.42 Å². The predicted octanol–water partition coefficient (Wildman–Crippen LogP) is 4.55. The number of nitrogens with zero attached hydrogens (tertiary/aromatic N) is 2. The minimum Gasteiger partial charge on any atom is -0.493 e. The summed E-state index contributed by atoms with van der Waals surface area (Å²) in [5.74, 6) is 1.37. The Morgan fingerprint density at radius 2 is 1.64 bits per heavy atom. The van der Waals surface area contributed by atoms with E-state index in [9.17, 15) is 4.79 Å². The van der Waals surface area contributed by atoms with Crippen molar-refractivity contribution in [3.05, 3.63) is 41.4 Å². The SMILES string of the molecule is COc1cc(NC(=O)OCCCN2CCN(c3ccccc3Cl)CC2)cc(OC)c1OC.Cl. The standard InChI is InChI=1S/C23H30ClN3O5.ClH/c1-29-20-15-17(16-21(30-2)22(20)31-3)25-23(28)32-14-6-9-26-10-12-27(13-11-26)19-8-5-4-7-18(19)24;/h4-5,7-8,15-16H,6,9-14H2,1-3H3,(H,25,28);1H. The smallest absolute Gasteiger partial charge is 0.411 e. The molecule has 0 unspecified atom stereocenters. The summed E-state index contributed by atoms with van der Waals surface area (Å²) in [5, 5.41) is 3.49. The summed E-state index contributed by atoms with van der Waals surface area (Å²) in [6.07, 6.45) is 0.234. The molecule has 2 aromatic rings. The zero-order valence-corrected chi connectivity index (χ0v) is 20.7. The maximum atomic E-state index is 12.2. The topological polar surface area (TPSA) is 72.5 Å². The highest BCUT2D eigenvalue weighted by Crippen LogP contribution is 2.39. The van der Waals surface area contributed by atoms with Gasteiger partial charge in [-0.05, 0) is 18.6 Å². The van der Waals surface area contributed by atoms with E-state index in [1.54, 1.807) is 12.1 Å². The molecule has 0 atom stereocenters. The highest BCUT2D eigenvalue weighted by atomic mass is 35.5. The lowest BCUT2D eigenvalue weighted by Crippen LogP contribution is -2.46. The van der Waals surface area contributed by atoms with Crippen molar-refractivity contribution in [3.63, 3.8) is 0 Å². The van der Waals surface area contributed by atoms with E-state index in [0.29, 0.717) is 29.5 Å². The maximum absolute atomic E-state index is 12.2. The molecule has 0 spiro atoms. The molecule has 1 amide bonds. The monoisotopic (exact) mass is 499 g/mol. The number of nitrogens with one attached hydrogen (secondary N) is 1. The van der Waals surface area contributed by atoms with Gasteiger partial charge in [0.05, 0.1) is 44.3 Å². The maximum Gasteiger partial charge on any atom is 0.411 e. The number of carbonyl (C=O) groups excluding carboxylic acids is 1. The number of anilines is 2. The number of methoxy groups -OCH3 is 3. The molecule has 0 bridgehead atoms. The van der Waals surface area contributed by atoms with Crippen LogP contribution in [0.2, 0.25) is 5.02 Å². The summed E-state index contributed by atoms with van der Waals surface area (Å²) < 4.78 is 21.2. The molecule has 10 heteroatoms. The van der Waals surface area contributed by atoms with E-state index in [0.717, 1.165) is 49.9 Å². The van der Waals surface area contributed by atoms with Crippen LogP contribution in [0, 0.1) is 0 Å². The number of amides is 1. The van der Waals surface area contributed by atoms with E-state index in [4.69, 9.17) is 30.5 Å². The average Bonchev–Trinajstić information content (AvgIpc) is 2.82. The van der Waals surface area contributed by atoms with Crippen LogP contribution in [0.15, 0.2) is 36.4 Å². The number of hydrogen-bond acceptors (Lipinski definition) is 7. The number of benzene rings is 2. The van der Waals surface area contributed by atoms with Crippen molar-refractivity contribution in [2.45, 2.75) is 6.42 Å². The molecule has 33 heavy (non-hydrogen) atoms. The minimum atomic E-state index is -0.525. The molecule has 1 heterocycles. The van der Waals surface area contributed by atoms with E-state index in [1.165, 1.54) is 21.3 Å². The lowest BCUT2D eigenvalue weighted by molar-refractivity contribution is 0.151. The van der Waals surface area contributed by atoms with E-state index >= 15 is 0 Å². The van der Waals surface area contributed by atoms with Crippen LogP contribution in [0.3, 0.4) is 0 Å². The van der Waals surface area contributed by atoms with Crippen LogP contribution in [-0.4, -0.2) is 71.7 Å². The first kappa shape index (κ1) is 26.7. The summed E-state index contributed by atoms with van der Waals surface area (Å²) in [5.41, 5.74) is 1.58. The number of para-hydroxylation sites is 1. The van der Waals surface area contributed by atoms with Gasteiger partial charge in [-0.2, -0.15) is 0 Å². The molecule has 1 aliphatic heterocycles. The molecule has 0 aliphatic carbocycles. The van der Waals surface area contributed by atoms with Crippen molar-refractivity contribution in [1.29, 1.82) is 0 Å². The first-order chi connectivity index (χ1) is 15.5. The van der Waals surface area contributed by atoms with Gasteiger partial charge in [0.1, 0.15) is 0 Å². The van der Waals surface area contributed by atoms with Gasteiger partial charge in [0, 0.05) is 44.9 Å². The summed E-state index contributed by atoms with van der Waals surface area (Å²) >= 11 is 6.30. The Hall–Kier alpha value is -2.55. The van der Waals surface area contributed by atoms with Crippen molar-refractivity contribution < 1.29 is 23.7 Å². The normalized spacial score (nSPS) is 13.6. The third kappa shape index (κ3) is 7.22. The van der Waals surface area contributed by atoms with Crippen molar-refractivity contribution >= 4 is 41.5 Å². The fourth-order valence-electron chi connectivity index (χ4n) is 3.68. The van der Waals surface area contributed by atoms with Crippen LogP contribution in [0.4, 0.5) is 16.2 Å². The molecular formula is C23H31Cl2N3O5. The summed E-state index contributed by atoms with van der Waals surface area (Å²) in [4.78, 5) is 16.8. The summed E-state index contributed by atoms with van der Waals surface area (Å²) in [6.45, 7) is 4.94. The molecule has 1 saturated heterocycles. The molecule has 0 aromatic heterocycles. The largest absolute Gasteiger partial charge is 0.493 e. The van der Waals surface area contributed by atoms with E-state index in [-0.39, 0.29) is 12.4 Å². The predicted molar refractivity (Wildman–Crippen MR) is 133 cm³/mol. The number of ether oxygens (including phenoxy) is 4. The van der Waals surface area contributed by atoms with Gasteiger partial charge in [0.2, 0.25) is 5.75 Å². The van der Waals surface area contributed by atoms with Crippen LogP contribution in [0.5, 0.6) is 17.2 Å². The lowest BCUT2D eigenvalue weighted by atomic mass is 10.2. The number of halogens is 2. The van der Waals surface area contributed by atoms with Crippen LogP contribution < -0.4 is 24.4 Å². The first-order valence-electron chi connectivity index (χ1n) is 10.5. The summed E-state index contributed by atoms with van der Waals surface area (Å²) in [6, 6.07) is 11.2. The van der Waals surface area contributed by atoms with Crippen LogP contribution >= 0.6 is 24.0 Å². The molecule has 0 radical (unpaired) electrons. The Labute approximate surface area is 206 Å². The Kier molecular flexibility index (Phi) is 10.7. The molecule has 2 aromatic carbocycles. The molecule has 1 N–H and O–H groups in total. The van der Waals surface area contributed by atoms with Crippen molar-refractivity contribution in [3.8, 4) is 17.2 Å². The second-order valence-corrected chi connectivity index (χ2v) is 7.72. The van der Waals surface area contributed by atoms with Gasteiger partial charge in [-0.1, -0.05) is 23.7 Å². The molecule has 3 rings (SSSR count). The molecule has 8 nitrogen and oxygen atoms in total. The van der Waals surface area contributed by atoms with Crippen LogP contribution in [-0.2, 0) is 4.74 Å². The molecule has 1 aliphatic rings. The second kappa shape index (κ2) is 13.2. The zero-order chi connectivity index (χ0) is 22.9. The van der Waals surface area contributed by atoms with Crippen LogP contribution in [0.25, 0.3) is 0 Å². The number of rotatable bonds is 9. The highest BCUT2D eigenvalue weighted by molar-refractivity contribution is 6.33. The van der Waals surface area contributed by atoms with E-state index in [2.05, 4.69) is 21.2 Å². The van der Waals surface area contributed by atoms with E-state index < -0.39 is 6.09 Å². The lowest BCUT2D eigenvalue weighted by Gasteiger charge is -2.36. The van der Waals surface area contributed by atoms with Gasteiger partial charge in [-0.15, -0.1) is 12.4 Å². The quantitative estimate of drug-likeness (QED) is 0.507. The van der Waals surface area contributed by atoms with Crippen molar-refractivity contribution in [2.24, 2.45) is 0 Å². The Morgan fingerprint density at radius 3 is 2.21 bits per heavy atom. The fraction of sp³-hybridized carbons (Fsp3) is 0.435. The fourth-order valence-corrected chi connectivity index (χ4v) is 3.94. The molecule has 1 fully saturated rings. The number of piperazine rings is 1. The number of hydrogen-bond donors (Lipinski definition) is 1. The Bertz CT molecular complexity index is 882. The van der Waals surface area contributed by atoms with Gasteiger partial charge in [0.25, 0.3) is 0 Å². The van der Waals surface area contributed by atoms with Gasteiger partial charge in [0.15, 0.2) is 11.5 Å². The highest BCUT2D eigenvalue weighted by Gasteiger charge is 2.19. The molecule has 0 saturated carbocycles. The van der Waals surface area contributed by atoms with Crippen molar-refractivity contribution in [2.75, 3.05) is 70.9 Å². The van der Waals surface area contributed by atoms with Gasteiger partial charge >= 0.3 is 6.09 Å². The zero-order valence-electron chi connectivity index (χ0n) is 19.1. The molecule has 182 valence electrons. The van der Waals surface area contributed by atoms with Gasteiger partial charge in [-0.25, -0.2) is 4.79 Å². The third-order valence-corrected chi connectivity index (χ3v) is 5.65. The Morgan fingerprint density at radius 1 is 1.00 bits per heavy atom. The number of carbonyl (C=O) groups is 1.